The SMILES string of the molecule is CC(NC(=O)C1CCN(C(=O)OC(C)(C)C)C1)c1nc(-c2ccccc2)cs1. The summed E-state index contributed by atoms with van der Waals surface area (Å²) in [5, 5.41) is 5.92. The molecule has 0 saturated carbocycles. The molecule has 0 radical (unpaired) electrons. The van der Waals surface area contributed by atoms with E-state index in [2.05, 4.69) is 10.3 Å². The Labute approximate surface area is 169 Å². The summed E-state index contributed by atoms with van der Waals surface area (Å²) in [5.74, 6) is -0.265. The zero-order valence-corrected chi connectivity index (χ0v) is 17.6. The monoisotopic (exact) mass is 401 g/mol. The highest BCUT2D eigenvalue weighted by atomic mass is 32.1. The number of thiazole rings is 1. The van der Waals surface area contributed by atoms with E-state index in [1.54, 1.807) is 4.90 Å². The van der Waals surface area contributed by atoms with E-state index in [-0.39, 0.29) is 24.0 Å². The van der Waals surface area contributed by atoms with E-state index in [0.29, 0.717) is 19.5 Å². The molecule has 7 heteroatoms. The Morgan fingerprint density at radius 1 is 1.29 bits per heavy atom. The molecule has 2 amide bonds. The molecule has 6 nitrogen and oxygen atoms in total. The van der Waals surface area contributed by atoms with Crippen LogP contribution in [0.15, 0.2) is 35.7 Å². The number of carbonyl (C=O) groups excluding carboxylic acids is 2. The number of hydrogen-bond donors (Lipinski definition) is 1. The number of nitrogens with zero attached hydrogens (tertiary/aromatic N) is 2. The standard InChI is InChI=1S/C21H27N3O3S/c1-14(19-23-17(13-28-19)15-8-6-5-7-9-15)22-18(25)16-10-11-24(12-16)20(26)27-21(2,3)4/h5-9,13-14,16H,10-12H2,1-4H3,(H,22,25). The molecule has 28 heavy (non-hydrogen) atoms. The van der Waals surface area contributed by atoms with Crippen molar-refractivity contribution in [1.82, 2.24) is 15.2 Å². The molecule has 1 N–H and O–H groups in total. The van der Waals surface area contributed by atoms with Crippen molar-refractivity contribution in [3.8, 4) is 11.3 Å². The number of rotatable bonds is 4. The van der Waals surface area contributed by atoms with Crippen LogP contribution in [0.5, 0.6) is 0 Å². The quantitative estimate of drug-likeness (QED) is 0.832. The topological polar surface area (TPSA) is 71.5 Å². The van der Waals surface area contributed by atoms with Crippen LogP contribution in [0.4, 0.5) is 4.79 Å². The van der Waals surface area contributed by atoms with Crippen LogP contribution in [0.1, 0.15) is 45.2 Å². The molecule has 1 aromatic heterocycles. The minimum atomic E-state index is -0.534. The van der Waals surface area contributed by atoms with E-state index in [1.807, 2.05) is 63.4 Å². The number of carbonyl (C=O) groups is 2. The summed E-state index contributed by atoms with van der Waals surface area (Å²) in [6.07, 6.45) is 0.286. The van der Waals surface area contributed by atoms with Crippen LogP contribution in [-0.2, 0) is 9.53 Å². The second kappa shape index (κ2) is 8.31. The predicted molar refractivity (Wildman–Crippen MR) is 110 cm³/mol. The normalized spacial score (nSPS) is 18.0. The van der Waals surface area contributed by atoms with Crippen molar-refractivity contribution < 1.29 is 14.3 Å². The lowest BCUT2D eigenvalue weighted by molar-refractivity contribution is -0.125. The van der Waals surface area contributed by atoms with E-state index >= 15 is 0 Å². The van der Waals surface area contributed by atoms with Crippen LogP contribution in [-0.4, -0.2) is 40.6 Å². The van der Waals surface area contributed by atoms with E-state index in [9.17, 15) is 9.59 Å². The first-order chi connectivity index (χ1) is 13.2. The number of amides is 2. The first-order valence-electron chi connectivity index (χ1n) is 9.52. The van der Waals surface area contributed by atoms with Gasteiger partial charge in [-0.15, -0.1) is 11.3 Å². The third-order valence-electron chi connectivity index (χ3n) is 4.53. The third kappa shape index (κ3) is 5.10. The zero-order chi connectivity index (χ0) is 20.3. The van der Waals surface area contributed by atoms with Crippen LogP contribution in [0.25, 0.3) is 11.3 Å². The fourth-order valence-electron chi connectivity index (χ4n) is 3.09. The van der Waals surface area contributed by atoms with Crippen molar-refractivity contribution in [2.75, 3.05) is 13.1 Å². The van der Waals surface area contributed by atoms with Gasteiger partial charge >= 0.3 is 6.09 Å². The van der Waals surface area contributed by atoms with Gasteiger partial charge in [-0.25, -0.2) is 9.78 Å². The Bertz CT molecular complexity index is 829. The first-order valence-corrected chi connectivity index (χ1v) is 10.4. The molecule has 1 saturated heterocycles. The number of aromatic nitrogens is 1. The van der Waals surface area contributed by atoms with Gasteiger partial charge in [-0.05, 0) is 34.1 Å². The van der Waals surface area contributed by atoms with Crippen LogP contribution in [0.2, 0.25) is 0 Å². The minimum Gasteiger partial charge on any atom is -0.444 e. The molecule has 2 heterocycles. The van der Waals surface area contributed by atoms with Gasteiger partial charge in [-0.1, -0.05) is 30.3 Å². The van der Waals surface area contributed by atoms with Gasteiger partial charge in [0.15, 0.2) is 0 Å². The molecule has 2 aromatic rings. The lowest BCUT2D eigenvalue weighted by atomic mass is 10.1. The summed E-state index contributed by atoms with van der Waals surface area (Å²) in [7, 11) is 0. The lowest BCUT2D eigenvalue weighted by Gasteiger charge is -2.24. The van der Waals surface area contributed by atoms with E-state index in [4.69, 9.17) is 4.74 Å². The molecule has 2 atom stereocenters. The number of benzene rings is 1. The van der Waals surface area contributed by atoms with Crippen molar-refractivity contribution in [2.45, 2.75) is 45.8 Å². The molecule has 1 aliphatic heterocycles. The number of nitrogens with one attached hydrogen (secondary N) is 1. The Kier molecular flexibility index (Phi) is 6.03. The van der Waals surface area contributed by atoms with Gasteiger partial charge in [0.2, 0.25) is 5.91 Å². The highest BCUT2D eigenvalue weighted by molar-refractivity contribution is 7.10. The maximum atomic E-state index is 12.6. The molecule has 1 aliphatic rings. The smallest absolute Gasteiger partial charge is 0.410 e. The summed E-state index contributed by atoms with van der Waals surface area (Å²) in [6.45, 7) is 8.38. The lowest BCUT2D eigenvalue weighted by Crippen LogP contribution is -2.38. The predicted octanol–water partition coefficient (Wildman–Crippen LogP) is 4.24. The zero-order valence-electron chi connectivity index (χ0n) is 16.8. The largest absolute Gasteiger partial charge is 0.444 e. The van der Waals surface area contributed by atoms with Crippen LogP contribution >= 0.6 is 11.3 Å². The summed E-state index contributed by atoms with van der Waals surface area (Å²) in [6, 6.07) is 9.80. The average molecular weight is 402 g/mol. The van der Waals surface area contributed by atoms with Crippen LogP contribution < -0.4 is 5.32 Å². The summed E-state index contributed by atoms with van der Waals surface area (Å²) >= 11 is 1.54. The van der Waals surface area contributed by atoms with Gasteiger partial charge in [0, 0.05) is 24.0 Å². The highest BCUT2D eigenvalue weighted by Gasteiger charge is 2.34. The van der Waals surface area contributed by atoms with Crippen LogP contribution in [0, 0.1) is 5.92 Å². The average Bonchev–Trinajstić information content (AvgIpc) is 3.31. The Morgan fingerprint density at radius 2 is 2.00 bits per heavy atom. The molecule has 2 unspecified atom stereocenters. The van der Waals surface area contributed by atoms with E-state index < -0.39 is 5.60 Å². The van der Waals surface area contributed by atoms with Crippen LogP contribution in [0.3, 0.4) is 0 Å². The molecule has 0 aliphatic carbocycles. The van der Waals surface area contributed by atoms with E-state index in [1.165, 1.54) is 11.3 Å². The van der Waals surface area contributed by atoms with Gasteiger partial charge in [-0.3, -0.25) is 4.79 Å². The van der Waals surface area contributed by atoms with Gasteiger partial charge < -0.3 is 15.0 Å². The molecule has 1 aromatic carbocycles. The maximum absolute atomic E-state index is 12.6. The Balaban J connectivity index is 1.55. The molecule has 0 bridgehead atoms. The van der Waals surface area contributed by atoms with Gasteiger partial charge in [-0.2, -0.15) is 0 Å². The molecular formula is C21H27N3O3S. The van der Waals surface area contributed by atoms with E-state index in [0.717, 1.165) is 16.3 Å². The number of likely N-dealkylation sites (tertiary alicyclic amines) is 1. The summed E-state index contributed by atoms with van der Waals surface area (Å²) in [5.41, 5.74) is 1.44. The number of hydrogen-bond acceptors (Lipinski definition) is 5. The van der Waals surface area contributed by atoms with Crippen molar-refractivity contribution in [2.24, 2.45) is 5.92 Å². The summed E-state index contributed by atoms with van der Waals surface area (Å²) in [4.78, 5) is 31.1. The van der Waals surface area contributed by atoms with Gasteiger partial charge in [0.1, 0.15) is 10.6 Å². The fraction of sp³-hybridized carbons (Fsp3) is 0.476. The number of ether oxygens (including phenoxy) is 1. The van der Waals surface area contributed by atoms with Gasteiger partial charge in [0.05, 0.1) is 17.7 Å². The second-order valence-electron chi connectivity index (χ2n) is 8.08. The fourth-order valence-corrected chi connectivity index (χ4v) is 3.92. The molecule has 0 spiro atoms. The second-order valence-corrected chi connectivity index (χ2v) is 8.97. The maximum Gasteiger partial charge on any atom is 0.410 e. The Hall–Kier alpha value is -2.41. The molecule has 150 valence electrons. The molecule has 1 fully saturated rings. The minimum absolute atomic E-state index is 0.0463. The first kappa shape index (κ1) is 20.3. The molecule has 3 rings (SSSR count). The molecular weight excluding hydrogens is 374 g/mol. The summed E-state index contributed by atoms with van der Waals surface area (Å²) < 4.78 is 5.39. The van der Waals surface area contributed by atoms with Crippen molar-refractivity contribution >= 4 is 23.3 Å². The third-order valence-corrected chi connectivity index (χ3v) is 5.56. The van der Waals surface area contributed by atoms with Crippen molar-refractivity contribution in [1.29, 1.82) is 0 Å². The van der Waals surface area contributed by atoms with Crippen molar-refractivity contribution in [3.05, 3.63) is 40.7 Å². The van der Waals surface area contributed by atoms with Crippen molar-refractivity contribution in [3.63, 3.8) is 0 Å². The highest BCUT2D eigenvalue weighted by Crippen LogP contribution is 2.26. The van der Waals surface area contributed by atoms with Gasteiger partial charge in [0.25, 0.3) is 0 Å². The Morgan fingerprint density at radius 3 is 2.68 bits per heavy atom.